The molecule has 3 aromatic rings. The van der Waals surface area contributed by atoms with Gasteiger partial charge in [0.2, 0.25) is 0 Å². The number of anilines is 2. The predicted octanol–water partition coefficient (Wildman–Crippen LogP) is 5.42. The molecule has 0 aliphatic carbocycles. The Morgan fingerprint density at radius 2 is 0.846 bits per heavy atom. The van der Waals surface area contributed by atoms with Gasteiger partial charge in [-0.2, -0.15) is 0 Å². The Balaban J connectivity index is 0.00000243. The van der Waals surface area contributed by atoms with Crippen LogP contribution in [0.1, 0.15) is 22.6 Å². The van der Waals surface area contributed by atoms with Crippen molar-refractivity contribution in [2.24, 2.45) is 0 Å². The summed E-state index contributed by atoms with van der Waals surface area (Å²) in [5.41, 5.74) is 6.39. The fourth-order valence-corrected chi connectivity index (χ4v) is 3.15. The topological polar surface area (TPSA) is 6.48 Å². The van der Waals surface area contributed by atoms with Crippen molar-refractivity contribution in [2.75, 3.05) is 38.0 Å². The fraction of sp³-hybridized carbons (Fsp3) is 0.217. The first-order valence-electron chi connectivity index (χ1n) is 8.66. The second kappa shape index (κ2) is 8.77. The molecule has 0 spiro atoms. The first-order valence-corrected chi connectivity index (χ1v) is 8.66. The summed E-state index contributed by atoms with van der Waals surface area (Å²) in [6.07, 6.45) is 0. The monoisotopic (exact) mass is 366 g/mol. The number of nitrogens with zero attached hydrogens (tertiary/aromatic N) is 2. The molecule has 0 unspecified atom stereocenters. The molecule has 0 saturated carbocycles. The summed E-state index contributed by atoms with van der Waals surface area (Å²) in [5.74, 6) is 0.244. The van der Waals surface area contributed by atoms with Gasteiger partial charge in [0, 0.05) is 45.5 Å². The Labute approximate surface area is 163 Å². The summed E-state index contributed by atoms with van der Waals surface area (Å²) >= 11 is 0. The normalized spacial score (nSPS) is 10.3. The lowest BCUT2D eigenvalue weighted by Gasteiger charge is -2.21. The van der Waals surface area contributed by atoms with Crippen molar-refractivity contribution >= 4 is 23.8 Å². The van der Waals surface area contributed by atoms with Crippen molar-refractivity contribution < 1.29 is 0 Å². The van der Waals surface area contributed by atoms with E-state index in [1.165, 1.54) is 28.1 Å². The molecule has 0 aromatic heterocycles. The van der Waals surface area contributed by atoms with E-state index in [1.807, 2.05) is 0 Å². The van der Waals surface area contributed by atoms with Crippen LogP contribution in [0.3, 0.4) is 0 Å². The van der Waals surface area contributed by atoms with E-state index in [4.69, 9.17) is 0 Å². The van der Waals surface area contributed by atoms with Crippen LogP contribution in [0.2, 0.25) is 0 Å². The van der Waals surface area contributed by atoms with Crippen LogP contribution in [0.5, 0.6) is 0 Å². The van der Waals surface area contributed by atoms with Gasteiger partial charge in [-0.3, -0.25) is 0 Å². The molecule has 3 rings (SSSR count). The minimum absolute atomic E-state index is 0. The second-order valence-electron chi connectivity index (χ2n) is 6.82. The lowest BCUT2D eigenvalue weighted by Crippen LogP contribution is -2.10. The maximum Gasteiger partial charge on any atom is 0.0361 e. The Bertz CT molecular complexity index is 742. The third-order valence-corrected chi connectivity index (χ3v) is 4.62. The molecule has 0 heterocycles. The van der Waals surface area contributed by atoms with E-state index >= 15 is 0 Å². The van der Waals surface area contributed by atoms with Crippen LogP contribution in [0.25, 0.3) is 0 Å². The quantitative estimate of drug-likeness (QED) is 0.556. The van der Waals surface area contributed by atoms with Crippen LogP contribution in [-0.4, -0.2) is 28.2 Å². The summed E-state index contributed by atoms with van der Waals surface area (Å²) in [6, 6.07) is 28.5. The van der Waals surface area contributed by atoms with Crippen molar-refractivity contribution in [2.45, 2.75) is 5.92 Å². The van der Waals surface area contributed by atoms with E-state index in [-0.39, 0.29) is 18.3 Å². The molecule has 3 aromatic carbocycles. The summed E-state index contributed by atoms with van der Waals surface area (Å²) in [5, 5.41) is 0. The van der Waals surface area contributed by atoms with Crippen LogP contribution in [0.4, 0.5) is 11.4 Å². The number of halogens is 1. The zero-order valence-electron chi connectivity index (χ0n) is 15.9. The molecule has 0 N–H and O–H groups in total. The van der Waals surface area contributed by atoms with Gasteiger partial charge in [0.25, 0.3) is 0 Å². The molecule has 26 heavy (non-hydrogen) atoms. The molecule has 0 aliphatic rings. The maximum absolute atomic E-state index is 2.24. The molecule has 136 valence electrons. The van der Waals surface area contributed by atoms with Crippen molar-refractivity contribution in [3.63, 3.8) is 0 Å². The first-order chi connectivity index (χ1) is 12.1. The van der Waals surface area contributed by atoms with E-state index in [9.17, 15) is 0 Å². The number of hydrogen-bond acceptors (Lipinski definition) is 2. The average Bonchev–Trinajstić information content (AvgIpc) is 2.64. The smallest absolute Gasteiger partial charge is 0.0361 e. The van der Waals surface area contributed by atoms with Gasteiger partial charge in [0.15, 0.2) is 0 Å². The van der Waals surface area contributed by atoms with E-state index in [0.29, 0.717) is 0 Å². The molecule has 3 heteroatoms. The van der Waals surface area contributed by atoms with Crippen molar-refractivity contribution in [1.82, 2.24) is 0 Å². The third-order valence-electron chi connectivity index (χ3n) is 4.62. The van der Waals surface area contributed by atoms with Crippen molar-refractivity contribution in [3.8, 4) is 0 Å². The molecule has 2 nitrogen and oxygen atoms in total. The average molecular weight is 367 g/mol. The maximum atomic E-state index is 2.24. The number of benzene rings is 3. The van der Waals surface area contributed by atoms with Gasteiger partial charge in [0.1, 0.15) is 0 Å². The summed E-state index contributed by atoms with van der Waals surface area (Å²) in [4.78, 5) is 4.26. The standard InChI is InChI=1S/C23H26N2.ClH/c1-24(2)21-14-10-19(11-15-21)23(18-8-6-5-7-9-18)20-12-16-22(17-13-20)25(3)4;/h5-17,23H,1-4H3;1H. The van der Waals surface area contributed by atoms with E-state index in [1.54, 1.807) is 0 Å². The second-order valence-corrected chi connectivity index (χ2v) is 6.82. The minimum atomic E-state index is 0. The van der Waals surface area contributed by atoms with Crippen molar-refractivity contribution in [1.29, 1.82) is 0 Å². The molecule has 0 fully saturated rings. The SMILES string of the molecule is CN(C)c1ccc(C(c2ccccc2)c2ccc(N(C)C)cc2)cc1.Cl. The molecule has 0 aliphatic heterocycles. The Morgan fingerprint density at radius 1 is 0.500 bits per heavy atom. The first kappa shape index (κ1) is 19.9. The van der Waals surface area contributed by atoms with Crippen molar-refractivity contribution in [3.05, 3.63) is 95.6 Å². The van der Waals surface area contributed by atoms with Gasteiger partial charge in [-0.15, -0.1) is 12.4 Å². The van der Waals surface area contributed by atoms with Crippen LogP contribution in [0.15, 0.2) is 78.9 Å². The Morgan fingerprint density at radius 3 is 1.19 bits per heavy atom. The zero-order chi connectivity index (χ0) is 17.8. The van der Waals surface area contributed by atoms with Gasteiger partial charge in [-0.1, -0.05) is 54.6 Å². The predicted molar refractivity (Wildman–Crippen MR) is 116 cm³/mol. The van der Waals surface area contributed by atoms with E-state index < -0.39 is 0 Å². The van der Waals surface area contributed by atoms with Gasteiger partial charge in [-0.25, -0.2) is 0 Å². The van der Waals surface area contributed by atoms with Crippen LogP contribution in [0, 0.1) is 0 Å². The summed E-state index contributed by atoms with van der Waals surface area (Å²) in [6.45, 7) is 0. The molecule has 0 bridgehead atoms. The van der Waals surface area contributed by atoms with E-state index in [2.05, 4.69) is 117 Å². The lowest BCUT2D eigenvalue weighted by atomic mass is 9.85. The van der Waals surface area contributed by atoms with Gasteiger partial charge in [-0.05, 0) is 41.0 Å². The highest BCUT2D eigenvalue weighted by atomic mass is 35.5. The molecule has 0 atom stereocenters. The molecular formula is C23H27ClN2. The Hall–Kier alpha value is -2.45. The van der Waals surface area contributed by atoms with E-state index in [0.717, 1.165) is 0 Å². The summed E-state index contributed by atoms with van der Waals surface area (Å²) in [7, 11) is 8.29. The molecule has 0 radical (unpaired) electrons. The highest BCUT2D eigenvalue weighted by Crippen LogP contribution is 2.33. The third kappa shape index (κ3) is 4.39. The van der Waals surface area contributed by atoms with Gasteiger partial charge in [0.05, 0.1) is 0 Å². The fourth-order valence-electron chi connectivity index (χ4n) is 3.15. The van der Waals surface area contributed by atoms with Crippen LogP contribution >= 0.6 is 12.4 Å². The van der Waals surface area contributed by atoms with Gasteiger partial charge < -0.3 is 9.80 Å². The number of rotatable bonds is 5. The van der Waals surface area contributed by atoms with Crippen LogP contribution < -0.4 is 9.80 Å². The largest absolute Gasteiger partial charge is 0.378 e. The highest BCUT2D eigenvalue weighted by Gasteiger charge is 2.16. The minimum Gasteiger partial charge on any atom is -0.378 e. The molecule has 0 amide bonds. The Kier molecular flexibility index (Phi) is 6.70. The zero-order valence-corrected chi connectivity index (χ0v) is 16.7. The van der Waals surface area contributed by atoms with Crippen LogP contribution in [-0.2, 0) is 0 Å². The van der Waals surface area contributed by atoms with Gasteiger partial charge >= 0.3 is 0 Å². The number of hydrogen-bond donors (Lipinski definition) is 0. The summed E-state index contributed by atoms with van der Waals surface area (Å²) < 4.78 is 0. The highest BCUT2D eigenvalue weighted by molar-refractivity contribution is 5.85. The molecular weight excluding hydrogens is 340 g/mol. The molecule has 0 saturated heterocycles. The lowest BCUT2D eigenvalue weighted by molar-refractivity contribution is 0.973.